The average Bonchev–Trinajstić information content (AvgIpc) is 2.54. The van der Waals surface area contributed by atoms with E-state index in [2.05, 4.69) is 5.32 Å². The topological polar surface area (TPSA) is 69.6 Å². The lowest BCUT2D eigenvalue weighted by Gasteiger charge is -2.21. The second-order valence-electron chi connectivity index (χ2n) is 5.46. The molecule has 0 amide bonds. The van der Waals surface area contributed by atoms with Crippen molar-refractivity contribution in [3.8, 4) is 0 Å². The van der Waals surface area contributed by atoms with Gasteiger partial charge in [-0.05, 0) is 28.0 Å². The van der Waals surface area contributed by atoms with Crippen LogP contribution in [0.3, 0.4) is 0 Å². The van der Waals surface area contributed by atoms with Gasteiger partial charge in [0.1, 0.15) is 5.78 Å². The number of hydrogen-bond acceptors (Lipinski definition) is 2. The molecular formula is C18H18NO3P. The average molecular weight is 327 g/mol. The second kappa shape index (κ2) is 6.65. The largest absolute Gasteiger partial charge is 0.346 e. The first-order valence-electron chi connectivity index (χ1n) is 7.35. The van der Waals surface area contributed by atoms with Gasteiger partial charge in [-0.2, -0.15) is 0 Å². The van der Waals surface area contributed by atoms with E-state index in [-0.39, 0.29) is 0 Å². The van der Waals surface area contributed by atoms with Gasteiger partial charge in [0.15, 0.2) is 0 Å². The summed E-state index contributed by atoms with van der Waals surface area (Å²) in [7, 11) is -4.32. The fourth-order valence-electron chi connectivity index (χ4n) is 2.62. The molecule has 0 radical (unpaired) electrons. The van der Waals surface area contributed by atoms with Crippen LogP contribution < -0.4 is 5.32 Å². The molecule has 3 aromatic rings. The van der Waals surface area contributed by atoms with Gasteiger partial charge in [-0.1, -0.05) is 66.7 Å². The molecule has 1 unspecified atom stereocenters. The highest BCUT2D eigenvalue weighted by Gasteiger charge is 2.30. The molecule has 0 aliphatic carbocycles. The minimum atomic E-state index is -4.32. The van der Waals surface area contributed by atoms with Crippen LogP contribution in [0.25, 0.3) is 10.8 Å². The molecule has 23 heavy (non-hydrogen) atoms. The molecule has 0 spiro atoms. The van der Waals surface area contributed by atoms with Gasteiger partial charge < -0.3 is 9.79 Å². The summed E-state index contributed by atoms with van der Waals surface area (Å²) in [5, 5.41) is 5.00. The van der Waals surface area contributed by atoms with E-state index in [1.807, 2.05) is 66.7 Å². The van der Waals surface area contributed by atoms with Crippen molar-refractivity contribution in [1.82, 2.24) is 5.32 Å². The summed E-state index contributed by atoms with van der Waals surface area (Å²) in [4.78, 5) is 19.5. The van der Waals surface area contributed by atoms with E-state index < -0.39 is 13.4 Å². The van der Waals surface area contributed by atoms with E-state index in [4.69, 9.17) is 0 Å². The third-order valence-electron chi connectivity index (χ3n) is 3.77. The highest BCUT2D eigenvalue weighted by molar-refractivity contribution is 7.52. The molecule has 1 atom stereocenters. The quantitative estimate of drug-likeness (QED) is 0.623. The van der Waals surface area contributed by atoms with Gasteiger partial charge in [0.25, 0.3) is 0 Å². The van der Waals surface area contributed by atoms with Crippen molar-refractivity contribution in [2.45, 2.75) is 12.3 Å². The molecule has 0 aliphatic heterocycles. The molecule has 3 aromatic carbocycles. The molecule has 0 aliphatic rings. The maximum absolute atomic E-state index is 11.9. The Morgan fingerprint density at radius 3 is 2.22 bits per heavy atom. The molecule has 0 saturated heterocycles. The highest BCUT2D eigenvalue weighted by atomic mass is 31.2. The van der Waals surface area contributed by atoms with Gasteiger partial charge in [-0.15, -0.1) is 0 Å². The first-order valence-corrected chi connectivity index (χ1v) is 9.03. The van der Waals surface area contributed by atoms with Crippen LogP contribution in [0.5, 0.6) is 0 Å². The van der Waals surface area contributed by atoms with Crippen molar-refractivity contribution in [3.63, 3.8) is 0 Å². The van der Waals surface area contributed by atoms with Crippen molar-refractivity contribution in [2.24, 2.45) is 0 Å². The van der Waals surface area contributed by atoms with Crippen LogP contribution in [0.2, 0.25) is 0 Å². The summed E-state index contributed by atoms with van der Waals surface area (Å²) in [5.74, 6) is -1.02. The van der Waals surface area contributed by atoms with Crippen LogP contribution in [-0.2, 0) is 11.1 Å². The lowest BCUT2D eigenvalue weighted by atomic mass is 10.1. The Morgan fingerprint density at radius 1 is 0.870 bits per heavy atom. The van der Waals surface area contributed by atoms with Crippen LogP contribution >= 0.6 is 7.60 Å². The molecule has 0 saturated carbocycles. The molecule has 0 heterocycles. The van der Waals surface area contributed by atoms with Crippen molar-refractivity contribution >= 4 is 18.4 Å². The van der Waals surface area contributed by atoms with Gasteiger partial charge in [0.2, 0.25) is 0 Å². The van der Waals surface area contributed by atoms with Crippen molar-refractivity contribution < 1.29 is 14.4 Å². The Bertz CT molecular complexity index is 845. The molecule has 118 valence electrons. The summed E-state index contributed by atoms with van der Waals surface area (Å²) in [6.07, 6.45) is 0. The molecular weight excluding hydrogens is 309 g/mol. The standard InChI is InChI=1S/C18H18NO3P/c20-23(21,22)18(19-13-14-6-2-1-3-7-14)17-11-10-15-8-4-5-9-16(15)12-17/h1-12,18-19H,13H2,(H2,20,21,22). The predicted octanol–water partition coefficient (Wildman–Crippen LogP) is 3.81. The van der Waals surface area contributed by atoms with E-state index in [1.165, 1.54) is 0 Å². The third kappa shape index (κ3) is 3.87. The van der Waals surface area contributed by atoms with Gasteiger partial charge in [-0.3, -0.25) is 9.88 Å². The van der Waals surface area contributed by atoms with Crippen molar-refractivity contribution in [2.75, 3.05) is 0 Å². The minimum absolute atomic E-state index is 0.392. The number of benzene rings is 3. The minimum Gasteiger partial charge on any atom is -0.323 e. The fraction of sp³-hybridized carbons (Fsp3) is 0.111. The predicted molar refractivity (Wildman–Crippen MR) is 92.0 cm³/mol. The maximum atomic E-state index is 11.9. The number of nitrogens with one attached hydrogen (secondary N) is 1. The van der Waals surface area contributed by atoms with Gasteiger partial charge in [0.05, 0.1) is 0 Å². The Morgan fingerprint density at radius 2 is 1.52 bits per heavy atom. The number of hydrogen-bond donors (Lipinski definition) is 3. The summed E-state index contributed by atoms with van der Waals surface area (Å²) >= 11 is 0. The smallest absolute Gasteiger partial charge is 0.323 e. The van der Waals surface area contributed by atoms with E-state index in [1.54, 1.807) is 6.07 Å². The van der Waals surface area contributed by atoms with E-state index in [9.17, 15) is 14.4 Å². The van der Waals surface area contributed by atoms with Crippen LogP contribution in [0.15, 0.2) is 72.8 Å². The van der Waals surface area contributed by atoms with Crippen LogP contribution in [-0.4, -0.2) is 9.79 Å². The second-order valence-corrected chi connectivity index (χ2v) is 7.16. The monoisotopic (exact) mass is 327 g/mol. The Balaban J connectivity index is 1.90. The maximum Gasteiger partial charge on any atom is 0.346 e. The summed E-state index contributed by atoms with van der Waals surface area (Å²) < 4.78 is 11.9. The molecule has 5 heteroatoms. The Labute approximate surface area is 135 Å². The van der Waals surface area contributed by atoms with Gasteiger partial charge in [-0.25, -0.2) is 0 Å². The number of fused-ring (bicyclic) bond motifs is 1. The fourth-order valence-corrected chi connectivity index (χ4v) is 3.50. The normalized spacial score (nSPS) is 13.1. The Hall–Kier alpha value is -1.97. The van der Waals surface area contributed by atoms with Crippen LogP contribution in [0.4, 0.5) is 0 Å². The SMILES string of the molecule is O=P(O)(O)C(NCc1ccccc1)c1ccc2ccccc2c1. The summed E-state index contributed by atoms with van der Waals surface area (Å²) in [6.45, 7) is 0.392. The van der Waals surface area contributed by atoms with E-state index in [0.717, 1.165) is 16.3 Å². The van der Waals surface area contributed by atoms with Crippen molar-refractivity contribution in [1.29, 1.82) is 0 Å². The van der Waals surface area contributed by atoms with Gasteiger partial charge in [0, 0.05) is 6.54 Å². The zero-order valence-corrected chi connectivity index (χ0v) is 13.4. The first-order chi connectivity index (χ1) is 11.0. The van der Waals surface area contributed by atoms with Gasteiger partial charge >= 0.3 is 7.60 Å². The van der Waals surface area contributed by atoms with Crippen LogP contribution in [0, 0.1) is 0 Å². The zero-order chi connectivity index (χ0) is 16.3. The van der Waals surface area contributed by atoms with Crippen molar-refractivity contribution in [3.05, 3.63) is 83.9 Å². The summed E-state index contributed by atoms with van der Waals surface area (Å²) in [6, 6.07) is 22.8. The molecule has 0 aromatic heterocycles. The Kier molecular flexibility index (Phi) is 4.60. The molecule has 4 nitrogen and oxygen atoms in total. The van der Waals surface area contributed by atoms with Crippen LogP contribution in [0.1, 0.15) is 16.9 Å². The lowest BCUT2D eigenvalue weighted by Crippen LogP contribution is -2.21. The summed E-state index contributed by atoms with van der Waals surface area (Å²) in [5.41, 5.74) is 1.57. The highest BCUT2D eigenvalue weighted by Crippen LogP contribution is 2.50. The third-order valence-corrected chi connectivity index (χ3v) is 4.92. The van der Waals surface area contributed by atoms with E-state index in [0.29, 0.717) is 12.1 Å². The number of rotatable bonds is 5. The molecule has 0 fully saturated rings. The first kappa shape index (κ1) is 15.9. The molecule has 0 bridgehead atoms. The lowest BCUT2D eigenvalue weighted by molar-refractivity contribution is 0.347. The zero-order valence-electron chi connectivity index (χ0n) is 12.5. The molecule has 3 rings (SSSR count). The van der Waals surface area contributed by atoms with E-state index >= 15 is 0 Å². The molecule has 3 N–H and O–H groups in total.